The van der Waals surface area contributed by atoms with E-state index in [2.05, 4.69) is 0 Å². The highest BCUT2D eigenvalue weighted by Crippen LogP contribution is 2.17. The molecule has 148 valence electrons. The smallest absolute Gasteiger partial charge is 0.332 e. The number of likely N-dealkylation sites (N-methyl/N-ethyl adjacent to an activating group) is 1. The molecule has 2 heterocycles. The maximum Gasteiger partial charge on any atom is 0.332 e. The number of benzene rings is 1. The summed E-state index contributed by atoms with van der Waals surface area (Å²) >= 11 is 1.27. The van der Waals surface area contributed by atoms with E-state index < -0.39 is 5.69 Å². The summed E-state index contributed by atoms with van der Waals surface area (Å²) in [6, 6.07) is 8.95. The summed E-state index contributed by atoms with van der Waals surface area (Å²) in [6.07, 6.45) is 0. The number of nitrogens with zero attached hydrogens (tertiary/aromatic N) is 3. The van der Waals surface area contributed by atoms with Gasteiger partial charge in [0, 0.05) is 13.1 Å². The lowest BCUT2D eigenvalue weighted by Crippen LogP contribution is -2.43. The molecular weight excluding hydrogens is 378 g/mol. The first-order chi connectivity index (χ1) is 13.5. The molecule has 0 aliphatic heterocycles. The summed E-state index contributed by atoms with van der Waals surface area (Å²) in [4.78, 5) is 40.3. The highest BCUT2D eigenvalue weighted by molar-refractivity contribution is 7.17. The van der Waals surface area contributed by atoms with Crippen molar-refractivity contribution in [2.24, 2.45) is 0 Å². The number of rotatable bonds is 7. The molecule has 7 nitrogen and oxygen atoms in total. The second-order valence-electron chi connectivity index (χ2n) is 6.31. The van der Waals surface area contributed by atoms with Crippen LogP contribution in [0.1, 0.15) is 19.4 Å². The minimum absolute atomic E-state index is 0.0911. The number of hydrogen-bond acceptors (Lipinski definition) is 5. The third kappa shape index (κ3) is 3.73. The van der Waals surface area contributed by atoms with Gasteiger partial charge < -0.3 is 9.64 Å². The van der Waals surface area contributed by atoms with Crippen LogP contribution in [0.25, 0.3) is 10.2 Å². The second-order valence-corrected chi connectivity index (χ2v) is 7.23. The number of carbonyl (C=O) groups excluding carboxylic acids is 1. The van der Waals surface area contributed by atoms with E-state index in [1.807, 2.05) is 26.0 Å². The minimum Gasteiger partial charge on any atom is -0.497 e. The Balaban J connectivity index is 2.10. The van der Waals surface area contributed by atoms with Crippen LogP contribution in [0.15, 0.2) is 45.3 Å². The molecule has 3 aromatic rings. The Morgan fingerprint density at radius 2 is 1.89 bits per heavy atom. The van der Waals surface area contributed by atoms with E-state index in [4.69, 9.17) is 4.74 Å². The molecule has 0 atom stereocenters. The van der Waals surface area contributed by atoms with Crippen molar-refractivity contribution >= 4 is 27.5 Å². The number of fused-ring (bicyclic) bond motifs is 1. The topological polar surface area (TPSA) is 73.5 Å². The minimum atomic E-state index is -0.487. The highest BCUT2D eigenvalue weighted by atomic mass is 32.1. The lowest BCUT2D eigenvalue weighted by atomic mass is 10.2. The quantitative estimate of drug-likeness (QED) is 0.608. The zero-order valence-corrected chi connectivity index (χ0v) is 17.0. The lowest BCUT2D eigenvalue weighted by Gasteiger charge is -2.20. The third-order valence-electron chi connectivity index (χ3n) is 4.72. The van der Waals surface area contributed by atoms with E-state index in [0.29, 0.717) is 29.1 Å². The van der Waals surface area contributed by atoms with Crippen molar-refractivity contribution in [3.8, 4) is 5.75 Å². The SMILES string of the molecule is CCN(CC)C(=O)Cn1c(=O)n(Cc2cccc(OC)c2)c(=O)c2sccc21. The zero-order chi connectivity index (χ0) is 20.3. The molecule has 2 aromatic heterocycles. The van der Waals surface area contributed by atoms with Crippen LogP contribution in [0, 0.1) is 0 Å². The normalized spacial score (nSPS) is 11.0. The molecule has 8 heteroatoms. The lowest BCUT2D eigenvalue weighted by molar-refractivity contribution is -0.131. The summed E-state index contributed by atoms with van der Waals surface area (Å²) in [5, 5.41) is 1.76. The third-order valence-corrected chi connectivity index (χ3v) is 5.61. The van der Waals surface area contributed by atoms with Crippen molar-refractivity contribution in [1.82, 2.24) is 14.0 Å². The van der Waals surface area contributed by atoms with Crippen molar-refractivity contribution in [1.29, 1.82) is 0 Å². The van der Waals surface area contributed by atoms with E-state index in [1.165, 1.54) is 20.5 Å². The van der Waals surface area contributed by atoms with Gasteiger partial charge in [-0.25, -0.2) is 4.79 Å². The molecule has 0 bridgehead atoms. The molecule has 0 aliphatic carbocycles. The Morgan fingerprint density at radius 3 is 2.57 bits per heavy atom. The van der Waals surface area contributed by atoms with E-state index in [1.54, 1.807) is 35.6 Å². The van der Waals surface area contributed by atoms with Crippen LogP contribution in [-0.4, -0.2) is 40.1 Å². The van der Waals surface area contributed by atoms with Crippen LogP contribution in [0.3, 0.4) is 0 Å². The van der Waals surface area contributed by atoms with Crippen molar-refractivity contribution in [3.05, 3.63) is 62.1 Å². The van der Waals surface area contributed by atoms with Gasteiger partial charge in [-0.15, -0.1) is 11.3 Å². The number of thiophene rings is 1. The standard InChI is InChI=1S/C20H23N3O4S/c1-4-21(5-2)17(24)13-22-16-9-10-28-18(16)19(25)23(20(22)26)12-14-7-6-8-15(11-14)27-3/h6-11H,4-5,12-13H2,1-3H3. The number of carbonyl (C=O) groups is 1. The number of hydrogen-bond donors (Lipinski definition) is 0. The molecule has 1 amide bonds. The maximum absolute atomic E-state index is 13.1. The second kappa shape index (κ2) is 8.43. The van der Waals surface area contributed by atoms with E-state index in [0.717, 1.165) is 5.56 Å². The van der Waals surface area contributed by atoms with Gasteiger partial charge in [0.05, 0.1) is 19.2 Å². The summed E-state index contributed by atoms with van der Waals surface area (Å²) in [7, 11) is 1.56. The predicted molar refractivity (Wildman–Crippen MR) is 110 cm³/mol. The van der Waals surface area contributed by atoms with Crippen LogP contribution in [0.2, 0.25) is 0 Å². The van der Waals surface area contributed by atoms with Gasteiger partial charge in [0.15, 0.2) is 0 Å². The molecular formula is C20H23N3O4S. The van der Waals surface area contributed by atoms with Gasteiger partial charge in [0.1, 0.15) is 17.0 Å². The van der Waals surface area contributed by atoms with Crippen LogP contribution in [-0.2, 0) is 17.9 Å². The molecule has 0 radical (unpaired) electrons. The van der Waals surface area contributed by atoms with Crippen molar-refractivity contribution in [2.75, 3.05) is 20.2 Å². The fourth-order valence-corrected chi connectivity index (χ4v) is 4.03. The summed E-state index contributed by atoms with van der Waals surface area (Å²) in [6.45, 7) is 4.96. The molecule has 0 N–H and O–H groups in total. The first kappa shape index (κ1) is 19.9. The predicted octanol–water partition coefficient (Wildman–Crippen LogP) is 2.15. The Hall–Kier alpha value is -2.87. The van der Waals surface area contributed by atoms with Crippen LogP contribution in [0.5, 0.6) is 5.75 Å². The molecule has 0 saturated heterocycles. The van der Waals surface area contributed by atoms with Crippen molar-refractivity contribution < 1.29 is 9.53 Å². The first-order valence-electron chi connectivity index (χ1n) is 9.11. The Kier molecular flexibility index (Phi) is 5.99. The van der Waals surface area contributed by atoms with Crippen molar-refractivity contribution in [2.45, 2.75) is 26.9 Å². The maximum atomic E-state index is 13.1. The molecule has 3 rings (SSSR count). The molecule has 28 heavy (non-hydrogen) atoms. The molecule has 0 saturated carbocycles. The van der Waals surface area contributed by atoms with E-state index in [-0.39, 0.29) is 24.6 Å². The summed E-state index contributed by atoms with van der Waals surface area (Å²) in [5.41, 5.74) is 0.446. The highest BCUT2D eigenvalue weighted by Gasteiger charge is 2.18. The zero-order valence-electron chi connectivity index (χ0n) is 16.2. The molecule has 0 fully saturated rings. The summed E-state index contributed by atoms with van der Waals surface area (Å²) in [5.74, 6) is 0.506. The van der Waals surface area contributed by atoms with E-state index in [9.17, 15) is 14.4 Å². The average Bonchev–Trinajstić information content (AvgIpc) is 3.19. The van der Waals surface area contributed by atoms with Gasteiger partial charge in [0.25, 0.3) is 5.56 Å². The molecule has 1 aromatic carbocycles. The Labute approximate surface area is 166 Å². The van der Waals surface area contributed by atoms with Gasteiger partial charge in [-0.05, 0) is 43.0 Å². The number of ether oxygens (including phenoxy) is 1. The van der Waals surface area contributed by atoms with Crippen molar-refractivity contribution in [3.63, 3.8) is 0 Å². The van der Waals surface area contributed by atoms with Crippen LogP contribution < -0.4 is 16.0 Å². The van der Waals surface area contributed by atoms with Crippen LogP contribution in [0.4, 0.5) is 0 Å². The van der Waals surface area contributed by atoms with Gasteiger partial charge >= 0.3 is 5.69 Å². The monoisotopic (exact) mass is 401 g/mol. The Morgan fingerprint density at radius 1 is 1.14 bits per heavy atom. The average molecular weight is 401 g/mol. The number of aromatic nitrogens is 2. The fourth-order valence-electron chi connectivity index (χ4n) is 3.19. The van der Waals surface area contributed by atoms with Gasteiger partial charge in [0.2, 0.25) is 5.91 Å². The number of methoxy groups -OCH3 is 1. The molecule has 0 aliphatic rings. The van der Waals surface area contributed by atoms with Crippen LogP contribution >= 0.6 is 11.3 Å². The fraction of sp³-hybridized carbons (Fsp3) is 0.350. The largest absolute Gasteiger partial charge is 0.497 e. The van der Waals surface area contributed by atoms with Gasteiger partial charge in [-0.1, -0.05) is 12.1 Å². The molecule has 0 spiro atoms. The van der Waals surface area contributed by atoms with Gasteiger partial charge in [-0.3, -0.25) is 18.7 Å². The summed E-state index contributed by atoms with van der Waals surface area (Å²) < 4.78 is 8.27. The first-order valence-corrected chi connectivity index (χ1v) is 9.99. The van der Waals surface area contributed by atoms with E-state index >= 15 is 0 Å². The molecule has 0 unspecified atom stereocenters. The van der Waals surface area contributed by atoms with Gasteiger partial charge in [-0.2, -0.15) is 0 Å². The Bertz CT molecular complexity index is 1110. The number of amides is 1.